The van der Waals surface area contributed by atoms with Gasteiger partial charge in [0.05, 0.1) is 11.4 Å². The molecule has 0 amide bonds. The standard InChI is InChI=1S/C54H44BN3/c1-36(2)39-34-51-53-52(35-39)58(40-19-9-6-10-20-40)50-33-38(37-17-7-5-8-18-37)27-32-46(50)55(53)45-23-13-16-26-49(45)57(51)42-30-28-41(29-31-42)56-47-24-14-11-21-43(47)54(3,4)44-22-12-15-25-48(44)56/h5-36H,1-4H3. The fraction of sp³-hybridized carbons (Fsp3) is 0.111. The number of nitrogens with zero attached hydrogens (tertiary/aromatic N) is 3. The third-order valence-corrected chi connectivity index (χ3v) is 12.8. The number of fused-ring (bicyclic) bond motifs is 6. The summed E-state index contributed by atoms with van der Waals surface area (Å²) in [6.45, 7) is 9.39. The minimum absolute atomic E-state index is 0.0717. The van der Waals surface area contributed by atoms with Gasteiger partial charge in [0, 0.05) is 45.2 Å². The molecular formula is C54H44BN3. The van der Waals surface area contributed by atoms with Crippen molar-refractivity contribution < 1.29 is 0 Å². The summed E-state index contributed by atoms with van der Waals surface area (Å²) < 4.78 is 0. The Labute approximate surface area is 342 Å². The van der Waals surface area contributed by atoms with Crippen LogP contribution in [0.3, 0.4) is 0 Å². The van der Waals surface area contributed by atoms with Gasteiger partial charge in [-0.15, -0.1) is 0 Å². The molecule has 0 unspecified atom stereocenters. The van der Waals surface area contributed by atoms with E-state index in [2.05, 4.69) is 230 Å². The Balaban J connectivity index is 1.12. The number of para-hydroxylation sites is 4. The van der Waals surface area contributed by atoms with Crippen LogP contribution in [0, 0.1) is 0 Å². The molecule has 8 aromatic rings. The van der Waals surface area contributed by atoms with Gasteiger partial charge in [-0.3, -0.25) is 0 Å². The first-order chi connectivity index (χ1) is 28.4. The van der Waals surface area contributed by atoms with Crippen LogP contribution in [0.25, 0.3) is 11.1 Å². The number of hydrogen-bond acceptors (Lipinski definition) is 3. The molecule has 3 aliphatic heterocycles. The number of benzene rings is 8. The summed E-state index contributed by atoms with van der Waals surface area (Å²) in [5, 5.41) is 0. The molecule has 0 bridgehead atoms. The van der Waals surface area contributed by atoms with Crippen molar-refractivity contribution in [3.8, 4) is 11.1 Å². The predicted molar refractivity (Wildman–Crippen MR) is 247 cm³/mol. The predicted octanol–water partition coefficient (Wildman–Crippen LogP) is 12.7. The normalized spacial score (nSPS) is 14.4. The molecule has 0 atom stereocenters. The van der Waals surface area contributed by atoms with Gasteiger partial charge in [0.2, 0.25) is 0 Å². The maximum Gasteiger partial charge on any atom is 0.252 e. The summed E-state index contributed by atoms with van der Waals surface area (Å²) in [7, 11) is 0. The number of rotatable bonds is 5. The fourth-order valence-electron chi connectivity index (χ4n) is 9.94. The summed E-state index contributed by atoms with van der Waals surface area (Å²) in [4.78, 5) is 7.48. The van der Waals surface area contributed by atoms with Crippen LogP contribution in [0.4, 0.5) is 51.2 Å². The molecule has 11 rings (SSSR count). The quantitative estimate of drug-likeness (QED) is 0.162. The fourth-order valence-corrected chi connectivity index (χ4v) is 9.94. The van der Waals surface area contributed by atoms with E-state index in [1.807, 2.05) is 0 Å². The van der Waals surface area contributed by atoms with E-state index in [9.17, 15) is 0 Å². The molecule has 0 aromatic heterocycles. The third kappa shape index (κ3) is 5.14. The van der Waals surface area contributed by atoms with E-state index in [-0.39, 0.29) is 12.1 Å². The van der Waals surface area contributed by atoms with Gasteiger partial charge in [-0.1, -0.05) is 143 Å². The van der Waals surface area contributed by atoms with E-state index in [4.69, 9.17) is 0 Å². The SMILES string of the molecule is CC(C)c1cc2c3c(c1)N(c1ccccc1)c1cc(-c4ccccc4)ccc1B3c1ccccc1N2c1ccc(N2c3ccccc3C(C)(C)c3ccccc32)cc1. The zero-order valence-corrected chi connectivity index (χ0v) is 33.4. The Morgan fingerprint density at radius 1 is 0.397 bits per heavy atom. The molecule has 3 heterocycles. The minimum Gasteiger partial charge on any atom is -0.311 e. The first-order valence-electron chi connectivity index (χ1n) is 20.6. The van der Waals surface area contributed by atoms with E-state index >= 15 is 0 Å². The molecule has 0 N–H and O–H groups in total. The zero-order chi connectivity index (χ0) is 39.1. The summed E-state index contributed by atoms with van der Waals surface area (Å²) in [5.74, 6) is 0.333. The summed E-state index contributed by atoms with van der Waals surface area (Å²) in [6, 6.07) is 69.8. The number of hydrogen-bond donors (Lipinski definition) is 0. The maximum atomic E-state index is 2.52. The summed E-state index contributed by atoms with van der Waals surface area (Å²) in [6.07, 6.45) is 0. The van der Waals surface area contributed by atoms with Crippen LogP contribution in [0.2, 0.25) is 0 Å². The Morgan fingerprint density at radius 2 is 0.862 bits per heavy atom. The molecule has 4 heteroatoms. The third-order valence-electron chi connectivity index (χ3n) is 12.8. The molecule has 0 saturated carbocycles. The van der Waals surface area contributed by atoms with Crippen molar-refractivity contribution in [2.24, 2.45) is 0 Å². The molecule has 8 aromatic carbocycles. The first kappa shape index (κ1) is 34.5. The van der Waals surface area contributed by atoms with Gasteiger partial charge in [-0.25, -0.2) is 0 Å². The first-order valence-corrected chi connectivity index (χ1v) is 20.6. The van der Waals surface area contributed by atoms with Crippen LogP contribution >= 0.6 is 0 Å². The van der Waals surface area contributed by atoms with Gasteiger partial charge in [-0.2, -0.15) is 0 Å². The van der Waals surface area contributed by atoms with Gasteiger partial charge >= 0.3 is 0 Å². The van der Waals surface area contributed by atoms with E-state index in [0.29, 0.717) is 5.92 Å². The molecule has 0 spiro atoms. The van der Waals surface area contributed by atoms with Crippen LogP contribution in [0.15, 0.2) is 188 Å². The summed E-state index contributed by atoms with van der Waals surface area (Å²) >= 11 is 0. The lowest BCUT2D eigenvalue weighted by atomic mass is 9.33. The van der Waals surface area contributed by atoms with E-state index in [0.717, 1.165) is 17.1 Å². The lowest BCUT2D eigenvalue weighted by molar-refractivity contribution is 0.632. The lowest BCUT2D eigenvalue weighted by Crippen LogP contribution is -2.61. The highest BCUT2D eigenvalue weighted by Gasteiger charge is 2.44. The molecule has 3 aliphatic rings. The average molecular weight is 746 g/mol. The van der Waals surface area contributed by atoms with Crippen LogP contribution in [0.1, 0.15) is 50.3 Å². The topological polar surface area (TPSA) is 9.72 Å². The highest BCUT2D eigenvalue weighted by Crippen LogP contribution is 2.52. The lowest BCUT2D eigenvalue weighted by Gasteiger charge is -2.45. The van der Waals surface area contributed by atoms with Gasteiger partial charge < -0.3 is 14.7 Å². The molecule has 278 valence electrons. The van der Waals surface area contributed by atoms with Crippen molar-refractivity contribution in [1.29, 1.82) is 0 Å². The van der Waals surface area contributed by atoms with Crippen LogP contribution in [-0.4, -0.2) is 6.71 Å². The largest absolute Gasteiger partial charge is 0.311 e. The Kier molecular flexibility index (Phi) is 7.81. The highest BCUT2D eigenvalue weighted by atomic mass is 15.2. The average Bonchev–Trinajstić information content (AvgIpc) is 3.27. The Hall–Kier alpha value is -6.78. The smallest absolute Gasteiger partial charge is 0.252 e. The van der Waals surface area contributed by atoms with E-state index in [1.54, 1.807) is 0 Å². The molecule has 0 aliphatic carbocycles. The van der Waals surface area contributed by atoms with Gasteiger partial charge in [0.25, 0.3) is 6.71 Å². The van der Waals surface area contributed by atoms with Crippen molar-refractivity contribution >= 4 is 74.3 Å². The monoisotopic (exact) mass is 745 g/mol. The zero-order valence-electron chi connectivity index (χ0n) is 33.4. The van der Waals surface area contributed by atoms with Crippen molar-refractivity contribution in [2.45, 2.75) is 39.0 Å². The van der Waals surface area contributed by atoms with Crippen molar-refractivity contribution in [3.05, 3.63) is 205 Å². The van der Waals surface area contributed by atoms with Gasteiger partial charge in [0.15, 0.2) is 0 Å². The second-order valence-corrected chi connectivity index (χ2v) is 16.8. The van der Waals surface area contributed by atoms with Gasteiger partial charge in [0.1, 0.15) is 0 Å². The van der Waals surface area contributed by atoms with Crippen LogP contribution in [0.5, 0.6) is 0 Å². The second kappa shape index (κ2) is 13.1. The Bertz CT molecular complexity index is 2810. The van der Waals surface area contributed by atoms with E-state index in [1.165, 1.54) is 78.3 Å². The number of anilines is 9. The molecule has 0 fully saturated rings. The van der Waals surface area contributed by atoms with Gasteiger partial charge in [-0.05, 0) is 123 Å². The Morgan fingerprint density at radius 3 is 1.47 bits per heavy atom. The minimum atomic E-state index is -0.104. The highest BCUT2D eigenvalue weighted by molar-refractivity contribution is 7.00. The molecule has 0 saturated heterocycles. The van der Waals surface area contributed by atoms with Crippen molar-refractivity contribution in [1.82, 2.24) is 0 Å². The molecule has 3 nitrogen and oxygen atoms in total. The molecule has 0 radical (unpaired) electrons. The second-order valence-electron chi connectivity index (χ2n) is 16.8. The van der Waals surface area contributed by atoms with Crippen LogP contribution in [-0.2, 0) is 5.41 Å². The maximum absolute atomic E-state index is 2.52. The van der Waals surface area contributed by atoms with Crippen LogP contribution < -0.4 is 31.1 Å². The van der Waals surface area contributed by atoms with E-state index < -0.39 is 0 Å². The molecular weight excluding hydrogens is 701 g/mol. The molecule has 58 heavy (non-hydrogen) atoms. The van der Waals surface area contributed by atoms with Crippen molar-refractivity contribution in [3.63, 3.8) is 0 Å². The van der Waals surface area contributed by atoms with Crippen molar-refractivity contribution in [2.75, 3.05) is 14.7 Å². The summed E-state index contributed by atoms with van der Waals surface area (Å²) in [5.41, 5.74) is 21.2.